The standard InChI is InChI=1S/C9H12N2O2/c1-6-8(13-5-11-6)9(12)10-4-7-2-3-7/h5,7H,2-4H2,1H3,(H,10,12). The first-order valence-electron chi connectivity index (χ1n) is 4.45. The fourth-order valence-corrected chi connectivity index (χ4v) is 1.16. The molecule has 2 rings (SSSR count). The molecule has 1 fully saturated rings. The van der Waals surface area contributed by atoms with Crippen LogP contribution < -0.4 is 5.32 Å². The Balaban J connectivity index is 1.92. The normalized spacial score (nSPS) is 15.8. The number of carbonyl (C=O) groups excluding carboxylic acids is 1. The third-order valence-electron chi connectivity index (χ3n) is 2.20. The Hall–Kier alpha value is -1.32. The number of rotatable bonds is 3. The van der Waals surface area contributed by atoms with Gasteiger partial charge in [-0.2, -0.15) is 0 Å². The van der Waals surface area contributed by atoms with E-state index in [1.165, 1.54) is 19.2 Å². The molecule has 1 saturated carbocycles. The molecule has 0 saturated heterocycles. The van der Waals surface area contributed by atoms with Crippen LogP contribution in [0.2, 0.25) is 0 Å². The Kier molecular flexibility index (Phi) is 2.04. The lowest BCUT2D eigenvalue weighted by Crippen LogP contribution is -2.25. The Morgan fingerprint density at radius 2 is 2.54 bits per heavy atom. The summed E-state index contributed by atoms with van der Waals surface area (Å²) in [4.78, 5) is 15.3. The van der Waals surface area contributed by atoms with Crippen LogP contribution in [0, 0.1) is 12.8 Å². The highest BCUT2D eigenvalue weighted by Crippen LogP contribution is 2.27. The number of carbonyl (C=O) groups is 1. The van der Waals surface area contributed by atoms with Crippen LogP contribution in [-0.2, 0) is 0 Å². The lowest BCUT2D eigenvalue weighted by atomic mass is 10.3. The average molecular weight is 180 g/mol. The Morgan fingerprint density at radius 3 is 3.08 bits per heavy atom. The molecule has 13 heavy (non-hydrogen) atoms. The van der Waals surface area contributed by atoms with Gasteiger partial charge in [0, 0.05) is 6.54 Å². The van der Waals surface area contributed by atoms with E-state index < -0.39 is 0 Å². The lowest BCUT2D eigenvalue weighted by Gasteiger charge is -2.00. The number of aromatic nitrogens is 1. The highest BCUT2D eigenvalue weighted by molar-refractivity contribution is 5.92. The first-order valence-corrected chi connectivity index (χ1v) is 4.45. The summed E-state index contributed by atoms with van der Waals surface area (Å²) < 4.78 is 4.96. The molecule has 1 aromatic rings. The number of hydrogen-bond donors (Lipinski definition) is 1. The van der Waals surface area contributed by atoms with Gasteiger partial charge < -0.3 is 9.73 Å². The summed E-state index contributed by atoms with van der Waals surface area (Å²) in [6.07, 6.45) is 3.76. The van der Waals surface area contributed by atoms with E-state index in [4.69, 9.17) is 4.42 Å². The second-order valence-electron chi connectivity index (χ2n) is 3.42. The zero-order valence-electron chi connectivity index (χ0n) is 7.54. The molecule has 70 valence electrons. The number of aryl methyl sites for hydroxylation is 1. The molecule has 4 heteroatoms. The van der Waals surface area contributed by atoms with Crippen LogP contribution in [0.25, 0.3) is 0 Å². The Morgan fingerprint density at radius 1 is 1.77 bits per heavy atom. The third kappa shape index (κ3) is 1.88. The quantitative estimate of drug-likeness (QED) is 0.758. The number of hydrogen-bond acceptors (Lipinski definition) is 3. The summed E-state index contributed by atoms with van der Waals surface area (Å²) in [6.45, 7) is 2.52. The molecule has 1 amide bonds. The molecule has 0 spiro atoms. The lowest BCUT2D eigenvalue weighted by molar-refractivity contribution is 0.0923. The van der Waals surface area contributed by atoms with Gasteiger partial charge in [-0.3, -0.25) is 4.79 Å². The van der Waals surface area contributed by atoms with Crippen LogP contribution >= 0.6 is 0 Å². The van der Waals surface area contributed by atoms with E-state index in [0.29, 0.717) is 17.4 Å². The first-order chi connectivity index (χ1) is 6.27. The molecule has 0 radical (unpaired) electrons. The number of oxazole rings is 1. The zero-order valence-corrected chi connectivity index (χ0v) is 7.54. The van der Waals surface area contributed by atoms with Gasteiger partial charge in [-0.1, -0.05) is 0 Å². The highest BCUT2D eigenvalue weighted by Gasteiger charge is 2.23. The van der Waals surface area contributed by atoms with Gasteiger partial charge in [0.1, 0.15) is 0 Å². The second-order valence-corrected chi connectivity index (χ2v) is 3.42. The van der Waals surface area contributed by atoms with Crippen molar-refractivity contribution in [2.75, 3.05) is 6.54 Å². The van der Waals surface area contributed by atoms with Crippen LogP contribution in [0.1, 0.15) is 29.1 Å². The van der Waals surface area contributed by atoms with Crippen LogP contribution in [0.5, 0.6) is 0 Å². The molecule has 1 aliphatic carbocycles. The second kappa shape index (κ2) is 3.20. The van der Waals surface area contributed by atoms with E-state index in [-0.39, 0.29) is 5.91 Å². The molecule has 0 unspecified atom stereocenters. The van der Waals surface area contributed by atoms with Gasteiger partial charge in [-0.15, -0.1) is 0 Å². The van der Waals surface area contributed by atoms with Gasteiger partial charge in [0.25, 0.3) is 5.91 Å². The molecule has 0 aromatic carbocycles. The summed E-state index contributed by atoms with van der Waals surface area (Å²) in [7, 11) is 0. The molecule has 0 aliphatic heterocycles. The van der Waals surface area contributed by atoms with Crippen LogP contribution in [0.15, 0.2) is 10.8 Å². The van der Waals surface area contributed by atoms with Crippen molar-refractivity contribution in [3.63, 3.8) is 0 Å². The Bertz CT molecular complexity index is 315. The maximum atomic E-state index is 11.4. The zero-order chi connectivity index (χ0) is 9.26. The maximum absolute atomic E-state index is 11.4. The summed E-state index contributed by atoms with van der Waals surface area (Å²) in [6, 6.07) is 0. The highest BCUT2D eigenvalue weighted by atomic mass is 16.3. The van der Waals surface area contributed by atoms with Crippen molar-refractivity contribution in [2.24, 2.45) is 5.92 Å². The summed E-state index contributed by atoms with van der Waals surface area (Å²) in [5, 5.41) is 2.82. The molecule has 1 aliphatic rings. The molecule has 0 atom stereocenters. The molecule has 1 N–H and O–H groups in total. The van der Waals surface area contributed by atoms with E-state index >= 15 is 0 Å². The Labute approximate surface area is 76.3 Å². The smallest absolute Gasteiger partial charge is 0.289 e. The monoisotopic (exact) mass is 180 g/mol. The van der Waals surface area contributed by atoms with Crippen molar-refractivity contribution in [1.29, 1.82) is 0 Å². The van der Waals surface area contributed by atoms with Gasteiger partial charge >= 0.3 is 0 Å². The maximum Gasteiger partial charge on any atom is 0.289 e. The largest absolute Gasteiger partial charge is 0.438 e. The van der Waals surface area contributed by atoms with E-state index in [9.17, 15) is 4.79 Å². The van der Waals surface area contributed by atoms with Crippen LogP contribution in [0.3, 0.4) is 0 Å². The van der Waals surface area contributed by atoms with Crippen LogP contribution in [-0.4, -0.2) is 17.4 Å². The predicted octanol–water partition coefficient (Wildman–Crippen LogP) is 1.12. The van der Waals surface area contributed by atoms with Crippen molar-refractivity contribution in [2.45, 2.75) is 19.8 Å². The molecule has 0 bridgehead atoms. The van der Waals surface area contributed by atoms with Gasteiger partial charge in [0.15, 0.2) is 6.39 Å². The third-order valence-corrected chi connectivity index (χ3v) is 2.20. The molecule has 4 nitrogen and oxygen atoms in total. The van der Waals surface area contributed by atoms with E-state index in [2.05, 4.69) is 10.3 Å². The van der Waals surface area contributed by atoms with E-state index in [1.54, 1.807) is 6.92 Å². The summed E-state index contributed by atoms with van der Waals surface area (Å²) in [5.41, 5.74) is 0.647. The predicted molar refractivity (Wildman–Crippen MR) is 46.3 cm³/mol. The number of nitrogens with zero attached hydrogens (tertiary/aromatic N) is 1. The minimum atomic E-state index is -0.151. The van der Waals surface area contributed by atoms with Crippen LogP contribution in [0.4, 0.5) is 0 Å². The van der Waals surface area contributed by atoms with E-state index in [1.807, 2.05) is 0 Å². The molecule has 1 aromatic heterocycles. The average Bonchev–Trinajstić information content (AvgIpc) is 2.84. The number of amides is 1. The summed E-state index contributed by atoms with van der Waals surface area (Å²) >= 11 is 0. The summed E-state index contributed by atoms with van der Waals surface area (Å²) in [5.74, 6) is 0.870. The molecular formula is C9H12N2O2. The molecule has 1 heterocycles. The minimum Gasteiger partial charge on any atom is -0.438 e. The molecular weight excluding hydrogens is 168 g/mol. The fraction of sp³-hybridized carbons (Fsp3) is 0.556. The van der Waals surface area contributed by atoms with Gasteiger partial charge in [0.05, 0.1) is 5.69 Å². The van der Waals surface area contributed by atoms with Crippen molar-refractivity contribution in [3.8, 4) is 0 Å². The van der Waals surface area contributed by atoms with Gasteiger partial charge in [0.2, 0.25) is 5.76 Å². The topological polar surface area (TPSA) is 55.1 Å². The first kappa shape index (κ1) is 8.29. The van der Waals surface area contributed by atoms with Crippen molar-refractivity contribution in [3.05, 3.63) is 17.8 Å². The van der Waals surface area contributed by atoms with Crippen molar-refractivity contribution < 1.29 is 9.21 Å². The van der Waals surface area contributed by atoms with E-state index in [0.717, 1.165) is 6.54 Å². The SMILES string of the molecule is Cc1ncoc1C(=O)NCC1CC1. The fourth-order valence-electron chi connectivity index (χ4n) is 1.16. The van der Waals surface area contributed by atoms with Crippen molar-refractivity contribution in [1.82, 2.24) is 10.3 Å². The van der Waals surface area contributed by atoms with Gasteiger partial charge in [-0.05, 0) is 25.7 Å². The van der Waals surface area contributed by atoms with Gasteiger partial charge in [-0.25, -0.2) is 4.98 Å². The minimum absolute atomic E-state index is 0.151. The number of nitrogens with one attached hydrogen (secondary N) is 1. The van der Waals surface area contributed by atoms with Crippen molar-refractivity contribution >= 4 is 5.91 Å².